The van der Waals surface area contributed by atoms with Crippen LogP contribution in [0.4, 0.5) is 0 Å². The summed E-state index contributed by atoms with van der Waals surface area (Å²) in [6, 6.07) is 4.00. The molecular formula is C22H36N2O2. The van der Waals surface area contributed by atoms with Crippen LogP contribution in [-0.4, -0.2) is 44.0 Å². The molecule has 0 radical (unpaired) electrons. The molecule has 0 saturated carbocycles. The molecule has 0 aromatic heterocycles. The van der Waals surface area contributed by atoms with Gasteiger partial charge < -0.3 is 15.4 Å². The molecule has 2 rings (SSSR count). The lowest BCUT2D eigenvalue weighted by Gasteiger charge is -2.22. The number of hydrogen-bond donors (Lipinski definition) is 1. The Balaban J connectivity index is 0.00000163. The average molecular weight is 361 g/mol. The second kappa shape index (κ2) is 11.1. The third kappa shape index (κ3) is 6.26. The lowest BCUT2D eigenvalue weighted by atomic mass is 9.95. The van der Waals surface area contributed by atoms with Crippen LogP contribution in [0, 0.1) is 12.8 Å². The largest absolute Gasteiger partial charge is 0.380 e. The van der Waals surface area contributed by atoms with Crippen LogP contribution in [0.5, 0.6) is 0 Å². The van der Waals surface area contributed by atoms with Crippen LogP contribution in [0.2, 0.25) is 0 Å². The van der Waals surface area contributed by atoms with Crippen molar-refractivity contribution in [3.8, 4) is 0 Å². The number of carbonyl (C=O) groups excluding carboxylic acids is 1. The molecule has 4 nitrogen and oxygen atoms in total. The van der Waals surface area contributed by atoms with Crippen molar-refractivity contribution in [2.75, 3.05) is 27.2 Å². The summed E-state index contributed by atoms with van der Waals surface area (Å²) in [6.07, 6.45) is 5.94. The van der Waals surface area contributed by atoms with Crippen molar-refractivity contribution in [1.29, 1.82) is 0 Å². The number of carbonyl (C=O) groups is 1. The molecule has 1 aliphatic rings. The Kier molecular flexibility index (Phi) is 9.60. The van der Waals surface area contributed by atoms with Gasteiger partial charge in [0.05, 0.1) is 0 Å². The van der Waals surface area contributed by atoms with Crippen molar-refractivity contribution in [2.24, 2.45) is 11.7 Å². The van der Waals surface area contributed by atoms with E-state index in [4.69, 9.17) is 4.74 Å². The van der Waals surface area contributed by atoms with Crippen molar-refractivity contribution in [2.45, 2.75) is 52.6 Å². The summed E-state index contributed by atoms with van der Waals surface area (Å²) in [6.45, 7) is 12.3. The molecule has 1 aromatic carbocycles. The van der Waals surface area contributed by atoms with Crippen LogP contribution < -0.4 is 16.2 Å². The molecule has 2 N–H and O–H groups in total. The van der Waals surface area contributed by atoms with E-state index >= 15 is 0 Å². The monoisotopic (exact) mass is 360 g/mol. The van der Waals surface area contributed by atoms with Gasteiger partial charge in [-0.25, -0.2) is 0 Å². The fourth-order valence-corrected chi connectivity index (χ4v) is 3.20. The molecule has 1 saturated heterocycles. The van der Waals surface area contributed by atoms with E-state index in [-0.39, 0.29) is 11.9 Å². The normalized spacial score (nSPS) is 18.7. The van der Waals surface area contributed by atoms with Gasteiger partial charge in [-0.05, 0) is 61.2 Å². The quantitative estimate of drug-likeness (QED) is 0.792. The summed E-state index contributed by atoms with van der Waals surface area (Å²) >= 11 is 0. The molecule has 2 unspecified atom stereocenters. The van der Waals surface area contributed by atoms with Gasteiger partial charge in [-0.2, -0.15) is 0 Å². The predicted molar refractivity (Wildman–Crippen MR) is 111 cm³/mol. The lowest BCUT2D eigenvalue weighted by Crippen LogP contribution is -2.33. The van der Waals surface area contributed by atoms with Crippen LogP contribution in [-0.2, 0) is 4.74 Å². The van der Waals surface area contributed by atoms with Crippen molar-refractivity contribution in [1.82, 2.24) is 4.90 Å². The summed E-state index contributed by atoms with van der Waals surface area (Å²) in [7, 11) is 3.58. The van der Waals surface area contributed by atoms with Gasteiger partial charge in [-0.3, -0.25) is 4.79 Å². The number of Topliss-reactive ketones (excluding diaryl/α,β-unsaturated/α-hetero) is 1. The molecule has 26 heavy (non-hydrogen) atoms. The van der Waals surface area contributed by atoms with Crippen LogP contribution in [0.1, 0.15) is 55.5 Å². The van der Waals surface area contributed by atoms with Gasteiger partial charge in [0.15, 0.2) is 5.78 Å². The number of benzene rings is 1. The molecule has 1 fully saturated rings. The predicted octanol–water partition coefficient (Wildman–Crippen LogP) is 2.45. The number of rotatable bonds is 6. The average Bonchev–Trinajstić information content (AvgIpc) is 2.65. The van der Waals surface area contributed by atoms with Gasteiger partial charge in [0.25, 0.3) is 0 Å². The number of ether oxygens (including phenoxy) is 1. The van der Waals surface area contributed by atoms with Crippen LogP contribution in [0.15, 0.2) is 12.1 Å². The first-order chi connectivity index (χ1) is 12.4. The van der Waals surface area contributed by atoms with E-state index in [9.17, 15) is 4.79 Å². The molecule has 1 heterocycles. The minimum atomic E-state index is -0.279. The first kappa shape index (κ1) is 22.4. The van der Waals surface area contributed by atoms with Crippen LogP contribution in [0.25, 0.3) is 12.8 Å². The van der Waals surface area contributed by atoms with Crippen molar-refractivity contribution in [3.63, 3.8) is 0 Å². The van der Waals surface area contributed by atoms with E-state index in [2.05, 4.69) is 44.3 Å². The molecule has 146 valence electrons. The Bertz CT molecular complexity index is 678. The third-order valence-electron chi connectivity index (χ3n) is 4.88. The van der Waals surface area contributed by atoms with E-state index in [1.54, 1.807) is 0 Å². The molecule has 1 aliphatic heterocycles. The Morgan fingerprint density at radius 3 is 2.69 bits per heavy atom. The zero-order valence-corrected chi connectivity index (χ0v) is 17.2. The standard InChI is InChI=1S/C21H31NO2.CH5N/c1-6-15(2)13-22(5)14-18-12-19(17(4)11-16(18)3)21(23)20-9-7-8-10-24-20;1-2/h11-12,14-15,20H,3,6-10,13H2,1-2,4-5H3;2H2,1H3/b18-14-;. The summed E-state index contributed by atoms with van der Waals surface area (Å²) in [5.74, 6) is 0.758. The molecule has 4 heteroatoms. The van der Waals surface area contributed by atoms with Crippen LogP contribution in [0.3, 0.4) is 0 Å². The molecule has 1 aromatic rings. The highest BCUT2D eigenvalue weighted by Crippen LogP contribution is 2.18. The van der Waals surface area contributed by atoms with Crippen molar-refractivity contribution < 1.29 is 9.53 Å². The molecule has 0 spiro atoms. The second-order valence-corrected chi connectivity index (χ2v) is 7.17. The van der Waals surface area contributed by atoms with E-state index in [0.29, 0.717) is 12.5 Å². The molecule has 0 bridgehead atoms. The number of ketones is 1. The minimum Gasteiger partial charge on any atom is -0.380 e. The maximum absolute atomic E-state index is 12.8. The SMILES string of the molecule is C=c1cc(C)c(C(=O)C2CCCCO2)c/c1=C/N(C)CC(C)CC.CN. The highest BCUT2D eigenvalue weighted by molar-refractivity contribution is 6.00. The van der Waals surface area contributed by atoms with E-state index in [1.165, 1.54) is 7.05 Å². The molecule has 2 atom stereocenters. The van der Waals surface area contributed by atoms with Crippen molar-refractivity contribution >= 4 is 18.6 Å². The fraction of sp³-hybridized carbons (Fsp3) is 0.591. The zero-order valence-electron chi connectivity index (χ0n) is 17.2. The summed E-state index contributed by atoms with van der Waals surface area (Å²) in [5, 5.41) is 1.98. The Morgan fingerprint density at radius 2 is 2.12 bits per heavy atom. The van der Waals surface area contributed by atoms with Gasteiger partial charge in [0.2, 0.25) is 0 Å². The van der Waals surface area contributed by atoms with Gasteiger partial charge in [0, 0.05) is 32.0 Å². The van der Waals surface area contributed by atoms with Gasteiger partial charge in [-0.15, -0.1) is 0 Å². The Morgan fingerprint density at radius 1 is 1.42 bits per heavy atom. The summed E-state index contributed by atoms with van der Waals surface area (Å²) in [4.78, 5) is 15.0. The summed E-state index contributed by atoms with van der Waals surface area (Å²) < 4.78 is 5.68. The highest BCUT2D eigenvalue weighted by Gasteiger charge is 2.24. The Labute approximate surface area is 158 Å². The maximum atomic E-state index is 12.8. The van der Waals surface area contributed by atoms with Crippen LogP contribution >= 0.6 is 0 Å². The number of aryl methyl sites for hydroxylation is 1. The third-order valence-corrected chi connectivity index (χ3v) is 4.88. The second-order valence-electron chi connectivity index (χ2n) is 7.17. The lowest BCUT2D eigenvalue weighted by molar-refractivity contribution is 0.0186. The van der Waals surface area contributed by atoms with Crippen molar-refractivity contribution in [3.05, 3.63) is 33.7 Å². The fourth-order valence-electron chi connectivity index (χ4n) is 3.20. The first-order valence-corrected chi connectivity index (χ1v) is 9.67. The smallest absolute Gasteiger partial charge is 0.191 e. The summed E-state index contributed by atoms with van der Waals surface area (Å²) in [5.41, 5.74) is 6.26. The molecule has 0 amide bonds. The minimum absolute atomic E-state index is 0.117. The number of nitrogens with zero attached hydrogens (tertiary/aromatic N) is 1. The number of nitrogens with two attached hydrogens (primary N) is 1. The van der Waals surface area contributed by atoms with Gasteiger partial charge in [0.1, 0.15) is 6.10 Å². The van der Waals surface area contributed by atoms with E-state index in [0.717, 1.165) is 53.8 Å². The topological polar surface area (TPSA) is 55.6 Å². The highest BCUT2D eigenvalue weighted by atomic mass is 16.5. The van der Waals surface area contributed by atoms with Gasteiger partial charge in [-0.1, -0.05) is 32.9 Å². The Hall–Kier alpha value is -1.65. The van der Waals surface area contributed by atoms with E-state index < -0.39 is 0 Å². The zero-order chi connectivity index (χ0) is 19.7. The number of hydrogen-bond acceptors (Lipinski definition) is 4. The molecule has 0 aliphatic carbocycles. The molecular weight excluding hydrogens is 324 g/mol. The first-order valence-electron chi connectivity index (χ1n) is 9.67. The maximum Gasteiger partial charge on any atom is 0.191 e. The van der Waals surface area contributed by atoms with Gasteiger partial charge >= 0.3 is 0 Å². The van der Waals surface area contributed by atoms with E-state index in [1.807, 2.05) is 19.1 Å².